The lowest BCUT2D eigenvalue weighted by molar-refractivity contribution is 0.0997. The van der Waals surface area contributed by atoms with Crippen molar-refractivity contribution < 1.29 is 17.9 Å². The highest BCUT2D eigenvalue weighted by atomic mass is 32.2. The molecule has 7 nitrogen and oxygen atoms in total. The maximum atomic E-state index is 13.0. The molecule has 0 unspecified atom stereocenters. The number of amides is 1. The minimum absolute atomic E-state index is 0.217. The molecule has 0 saturated carbocycles. The second-order valence-electron chi connectivity index (χ2n) is 8.69. The monoisotopic (exact) mass is 501 g/mol. The minimum Gasteiger partial charge on any atom is -0.383 e. The van der Waals surface area contributed by atoms with Gasteiger partial charge in [-0.05, 0) is 74.2 Å². The molecule has 9 heteroatoms. The zero-order valence-corrected chi connectivity index (χ0v) is 21.5. The smallest absolute Gasteiger partial charge is 0.279 e. The molecule has 0 atom stereocenters. The van der Waals surface area contributed by atoms with Gasteiger partial charge in [0, 0.05) is 32.3 Å². The number of thiazole rings is 1. The van der Waals surface area contributed by atoms with Gasteiger partial charge in [0.15, 0.2) is 4.80 Å². The molecule has 34 heavy (non-hydrogen) atoms. The number of hydrogen-bond donors (Lipinski definition) is 0. The van der Waals surface area contributed by atoms with Crippen LogP contribution in [-0.2, 0) is 21.3 Å². The summed E-state index contributed by atoms with van der Waals surface area (Å²) in [4.78, 5) is 18.2. The molecule has 0 spiro atoms. The van der Waals surface area contributed by atoms with Crippen LogP contribution in [-0.4, -0.2) is 50.0 Å². The van der Waals surface area contributed by atoms with E-state index in [0.717, 1.165) is 35.9 Å². The molecule has 1 saturated heterocycles. The Morgan fingerprint density at radius 1 is 1.03 bits per heavy atom. The van der Waals surface area contributed by atoms with Crippen LogP contribution in [0.3, 0.4) is 0 Å². The lowest BCUT2D eigenvalue weighted by Crippen LogP contribution is -2.31. The van der Waals surface area contributed by atoms with Crippen molar-refractivity contribution in [2.75, 3.05) is 26.8 Å². The number of carbonyl (C=O) groups is 1. The Kier molecular flexibility index (Phi) is 7.67. The zero-order chi connectivity index (χ0) is 24.3. The van der Waals surface area contributed by atoms with Crippen LogP contribution in [0.5, 0.6) is 0 Å². The molecule has 0 aliphatic carbocycles. The fraction of sp³-hybridized carbons (Fsp3) is 0.440. The Morgan fingerprint density at radius 2 is 1.68 bits per heavy atom. The first-order chi connectivity index (χ1) is 16.3. The Balaban J connectivity index is 1.65. The number of sulfonamides is 1. The Morgan fingerprint density at radius 3 is 2.32 bits per heavy atom. The van der Waals surface area contributed by atoms with Crippen molar-refractivity contribution in [3.63, 3.8) is 0 Å². The first kappa shape index (κ1) is 24.8. The van der Waals surface area contributed by atoms with Crippen LogP contribution in [0.25, 0.3) is 10.2 Å². The van der Waals surface area contributed by atoms with Gasteiger partial charge in [-0.1, -0.05) is 24.2 Å². The number of methoxy groups -OCH3 is 1. The van der Waals surface area contributed by atoms with E-state index < -0.39 is 15.9 Å². The number of aryl methyl sites for hydroxylation is 2. The molecule has 2 aromatic carbocycles. The van der Waals surface area contributed by atoms with Gasteiger partial charge < -0.3 is 9.30 Å². The molecule has 0 radical (unpaired) electrons. The maximum absolute atomic E-state index is 13.0. The van der Waals surface area contributed by atoms with Gasteiger partial charge in [-0.15, -0.1) is 0 Å². The maximum Gasteiger partial charge on any atom is 0.279 e. The number of benzene rings is 2. The van der Waals surface area contributed by atoms with E-state index in [1.807, 2.05) is 4.57 Å². The molecule has 1 fully saturated rings. The summed E-state index contributed by atoms with van der Waals surface area (Å²) >= 11 is 1.47. The number of nitrogens with zero attached hydrogens (tertiary/aromatic N) is 3. The highest BCUT2D eigenvalue weighted by molar-refractivity contribution is 7.89. The summed E-state index contributed by atoms with van der Waals surface area (Å²) in [5, 5.41) is 0. The number of rotatable bonds is 6. The lowest BCUT2D eigenvalue weighted by atomic mass is 10.1. The molecule has 1 aliphatic rings. The highest BCUT2D eigenvalue weighted by Crippen LogP contribution is 2.23. The van der Waals surface area contributed by atoms with E-state index >= 15 is 0 Å². The number of fused-ring (bicyclic) bond motifs is 1. The Bertz CT molecular complexity index is 1350. The van der Waals surface area contributed by atoms with Crippen LogP contribution in [0.1, 0.15) is 47.2 Å². The third-order valence-electron chi connectivity index (χ3n) is 6.32. The lowest BCUT2D eigenvalue weighted by Gasteiger charge is -2.19. The fourth-order valence-corrected chi connectivity index (χ4v) is 6.81. The molecular formula is C25H31N3O4S2. The van der Waals surface area contributed by atoms with Crippen molar-refractivity contribution >= 4 is 37.5 Å². The summed E-state index contributed by atoms with van der Waals surface area (Å²) in [6, 6.07) is 10.4. The number of hydrogen-bond acceptors (Lipinski definition) is 5. The van der Waals surface area contributed by atoms with E-state index in [1.54, 1.807) is 23.5 Å². The summed E-state index contributed by atoms with van der Waals surface area (Å²) in [6.45, 7) is 6.31. The fourth-order valence-electron chi connectivity index (χ4n) is 4.16. The standard InChI is InChI=1S/C25H31N3O4S2/c1-18-16-22-23(17-19(18)2)33-25(28(22)14-15-32-3)26-24(29)20-8-10-21(11-9-20)34(30,31)27-12-6-4-5-7-13-27/h8-11,16-17H,4-7,12-15H2,1-3H3. The second kappa shape index (κ2) is 10.5. The first-order valence-electron chi connectivity index (χ1n) is 11.6. The van der Waals surface area contributed by atoms with Crippen molar-refractivity contribution in [3.05, 3.63) is 57.9 Å². The molecule has 0 bridgehead atoms. The van der Waals surface area contributed by atoms with Crippen molar-refractivity contribution in [2.24, 2.45) is 4.99 Å². The summed E-state index contributed by atoms with van der Waals surface area (Å²) in [5.41, 5.74) is 3.75. The Labute approximate surface area is 204 Å². The molecule has 1 aromatic heterocycles. The van der Waals surface area contributed by atoms with Crippen LogP contribution in [0.2, 0.25) is 0 Å². The average molecular weight is 502 g/mol. The van der Waals surface area contributed by atoms with Gasteiger partial charge in [0.05, 0.1) is 21.7 Å². The summed E-state index contributed by atoms with van der Waals surface area (Å²) in [5.74, 6) is -0.398. The van der Waals surface area contributed by atoms with Gasteiger partial charge in [-0.2, -0.15) is 9.30 Å². The summed E-state index contributed by atoms with van der Waals surface area (Å²) in [6.07, 6.45) is 3.88. The third-order valence-corrected chi connectivity index (χ3v) is 9.27. The predicted molar refractivity (Wildman–Crippen MR) is 135 cm³/mol. The van der Waals surface area contributed by atoms with Gasteiger partial charge in [-0.3, -0.25) is 4.79 Å². The van der Waals surface area contributed by atoms with Crippen LogP contribution in [0, 0.1) is 13.8 Å². The molecule has 2 heterocycles. The summed E-state index contributed by atoms with van der Waals surface area (Å²) in [7, 11) is -1.91. The molecule has 4 rings (SSSR count). The average Bonchev–Trinajstić information content (AvgIpc) is 2.98. The van der Waals surface area contributed by atoms with E-state index in [1.165, 1.54) is 34.6 Å². The molecule has 182 valence electrons. The number of ether oxygens (including phenoxy) is 1. The molecule has 1 amide bonds. The zero-order valence-electron chi connectivity index (χ0n) is 19.9. The summed E-state index contributed by atoms with van der Waals surface area (Å²) < 4.78 is 35.9. The second-order valence-corrected chi connectivity index (χ2v) is 11.6. The van der Waals surface area contributed by atoms with Gasteiger partial charge >= 0.3 is 0 Å². The highest BCUT2D eigenvalue weighted by Gasteiger charge is 2.25. The van der Waals surface area contributed by atoms with Crippen LogP contribution >= 0.6 is 11.3 Å². The van der Waals surface area contributed by atoms with Gasteiger partial charge in [-0.25, -0.2) is 8.42 Å². The van der Waals surface area contributed by atoms with E-state index in [-0.39, 0.29) is 4.90 Å². The van der Waals surface area contributed by atoms with Gasteiger partial charge in [0.1, 0.15) is 0 Å². The minimum atomic E-state index is -3.55. The van der Waals surface area contributed by atoms with E-state index in [2.05, 4.69) is 31.0 Å². The topological polar surface area (TPSA) is 81.0 Å². The van der Waals surface area contributed by atoms with Crippen molar-refractivity contribution in [2.45, 2.75) is 51.0 Å². The van der Waals surface area contributed by atoms with Gasteiger partial charge in [0.2, 0.25) is 10.0 Å². The van der Waals surface area contributed by atoms with E-state index in [0.29, 0.717) is 36.6 Å². The van der Waals surface area contributed by atoms with Crippen LogP contribution in [0.4, 0.5) is 0 Å². The van der Waals surface area contributed by atoms with Gasteiger partial charge in [0.25, 0.3) is 5.91 Å². The Hall–Kier alpha value is -2.33. The molecule has 3 aromatic rings. The quantitative estimate of drug-likeness (QED) is 0.505. The molecule has 1 aliphatic heterocycles. The number of carbonyl (C=O) groups excluding carboxylic acids is 1. The molecular weight excluding hydrogens is 470 g/mol. The van der Waals surface area contributed by atoms with Crippen molar-refractivity contribution in [1.29, 1.82) is 0 Å². The number of aromatic nitrogens is 1. The predicted octanol–water partition coefficient (Wildman–Crippen LogP) is 4.27. The van der Waals surface area contributed by atoms with Crippen LogP contribution in [0.15, 0.2) is 46.3 Å². The van der Waals surface area contributed by atoms with Crippen molar-refractivity contribution in [1.82, 2.24) is 8.87 Å². The largest absolute Gasteiger partial charge is 0.383 e. The van der Waals surface area contributed by atoms with Crippen LogP contribution < -0.4 is 4.80 Å². The van der Waals surface area contributed by atoms with E-state index in [9.17, 15) is 13.2 Å². The SMILES string of the molecule is COCCn1c(=NC(=O)c2ccc(S(=O)(=O)N3CCCCCC3)cc2)sc2cc(C)c(C)cc21. The molecule has 0 N–H and O–H groups in total. The third kappa shape index (κ3) is 5.17. The van der Waals surface area contributed by atoms with E-state index in [4.69, 9.17) is 4.74 Å². The normalized spacial score (nSPS) is 16.1. The first-order valence-corrected chi connectivity index (χ1v) is 13.9. The van der Waals surface area contributed by atoms with Crippen molar-refractivity contribution in [3.8, 4) is 0 Å².